The average Bonchev–Trinajstić information content (AvgIpc) is 2.35. The van der Waals surface area contributed by atoms with Crippen LogP contribution in [0, 0.1) is 5.92 Å². The van der Waals surface area contributed by atoms with Gasteiger partial charge in [-0.25, -0.2) is 4.79 Å². The molecule has 0 aliphatic carbocycles. The van der Waals surface area contributed by atoms with E-state index < -0.39 is 6.16 Å². The molecule has 0 fully saturated rings. The molecule has 0 N–H and O–H groups in total. The number of carbonyl (C=O) groups is 1. The lowest BCUT2D eigenvalue weighted by atomic mass is 10.2. The first-order valence-electron chi connectivity index (χ1n) is 6.93. The van der Waals surface area contributed by atoms with Crippen LogP contribution in [-0.2, 0) is 9.47 Å². The zero-order valence-electron chi connectivity index (χ0n) is 12.3. The molecular weight excluding hydrogens is 252 g/mol. The number of rotatable bonds is 8. The molecule has 0 heterocycles. The van der Waals surface area contributed by atoms with E-state index in [0.717, 1.165) is 18.7 Å². The molecular formula is C14H29ClO3. The number of unbranched alkanes of at least 4 members (excludes halogenated alkanes) is 3. The molecule has 0 aliphatic heterocycles. The third kappa shape index (κ3) is 20.9. The quantitative estimate of drug-likeness (QED) is 0.356. The molecule has 0 spiro atoms. The SMILES string of the molecule is CCCCCCl.CCCCOC(=O)OCC(C)C. The number of alkyl halides is 1. The lowest BCUT2D eigenvalue weighted by Gasteiger charge is -2.06. The van der Waals surface area contributed by atoms with Crippen LogP contribution in [0.1, 0.15) is 59.8 Å². The maximum Gasteiger partial charge on any atom is 0.508 e. The first-order valence-corrected chi connectivity index (χ1v) is 7.47. The van der Waals surface area contributed by atoms with Gasteiger partial charge in [-0.2, -0.15) is 0 Å². The van der Waals surface area contributed by atoms with E-state index in [2.05, 4.69) is 6.92 Å². The van der Waals surface area contributed by atoms with Crippen molar-refractivity contribution in [3.05, 3.63) is 0 Å². The molecule has 0 rings (SSSR count). The first-order chi connectivity index (χ1) is 8.58. The van der Waals surface area contributed by atoms with E-state index in [4.69, 9.17) is 21.1 Å². The summed E-state index contributed by atoms with van der Waals surface area (Å²) in [5.74, 6) is 1.19. The Balaban J connectivity index is 0. The minimum atomic E-state index is -0.544. The second-order valence-electron chi connectivity index (χ2n) is 4.55. The minimum Gasteiger partial charge on any atom is -0.434 e. The predicted octanol–water partition coefficient (Wildman–Crippen LogP) is 5.01. The Bertz CT molecular complexity index is 168. The molecule has 0 aromatic rings. The molecule has 0 aliphatic rings. The van der Waals surface area contributed by atoms with E-state index in [1.54, 1.807) is 0 Å². The lowest BCUT2D eigenvalue weighted by molar-refractivity contribution is 0.0468. The zero-order valence-corrected chi connectivity index (χ0v) is 13.1. The summed E-state index contributed by atoms with van der Waals surface area (Å²) < 4.78 is 9.56. The monoisotopic (exact) mass is 280 g/mol. The Hall–Kier alpha value is -0.440. The summed E-state index contributed by atoms with van der Waals surface area (Å²) in [7, 11) is 0. The minimum absolute atomic E-state index is 0.365. The van der Waals surface area contributed by atoms with Gasteiger partial charge in [0.15, 0.2) is 0 Å². The van der Waals surface area contributed by atoms with Gasteiger partial charge in [0.05, 0.1) is 13.2 Å². The summed E-state index contributed by atoms with van der Waals surface area (Å²) in [6.07, 6.45) is 5.11. The van der Waals surface area contributed by atoms with Gasteiger partial charge in [0, 0.05) is 5.88 Å². The van der Waals surface area contributed by atoms with Gasteiger partial charge in [0.2, 0.25) is 0 Å². The topological polar surface area (TPSA) is 35.5 Å². The summed E-state index contributed by atoms with van der Waals surface area (Å²) in [5.41, 5.74) is 0. The second-order valence-corrected chi connectivity index (χ2v) is 4.93. The average molecular weight is 281 g/mol. The van der Waals surface area contributed by atoms with E-state index >= 15 is 0 Å². The highest BCUT2D eigenvalue weighted by Gasteiger charge is 2.03. The van der Waals surface area contributed by atoms with Crippen LogP contribution in [0.15, 0.2) is 0 Å². The van der Waals surface area contributed by atoms with Gasteiger partial charge in [-0.05, 0) is 18.8 Å². The lowest BCUT2D eigenvalue weighted by Crippen LogP contribution is -2.12. The molecule has 110 valence electrons. The van der Waals surface area contributed by atoms with E-state index in [9.17, 15) is 4.79 Å². The van der Waals surface area contributed by atoms with Crippen LogP contribution < -0.4 is 0 Å². The molecule has 0 saturated carbocycles. The molecule has 0 aromatic heterocycles. The molecule has 0 bridgehead atoms. The second kappa shape index (κ2) is 16.6. The van der Waals surface area contributed by atoms with E-state index in [1.165, 1.54) is 19.3 Å². The van der Waals surface area contributed by atoms with Crippen molar-refractivity contribution in [2.75, 3.05) is 19.1 Å². The number of ether oxygens (including phenoxy) is 2. The molecule has 0 amide bonds. The Kier molecular flexibility index (Phi) is 18.3. The van der Waals surface area contributed by atoms with Crippen LogP contribution in [-0.4, -0.2) is 25.2 Å². The predicted molar refractivity (Wildman–Crippen MR) is 77.3 cm³/mol. The van der Waals surface area contributed by atoms with Crippen molar-refractivity contribution in [3.63, 3.8) is 0 Å². The van der Waals surface area contributed by atoms with Crippen molar-refractivity contribution in [1.82, 2.24) is 0 Å². The molecule has 0 unspecified atom stereocenters. The molecule has 0 atom stereocenters. The Labute approximate surface area is 117 Å². The van der Waals surface area contributed by atoms with E-state index in [0.29, 0.717) is 19.1 Å². The number of carbonyl (C=O) groups excluding carboxylic acids is 1. The standard InChI is InChI=1S/C9H18O3.C5H11Cl/c1-4-5-6-11-9(10)12-7-8(2)3;1-2-3-4-5-6/h8H,4-7H2,1-3H3;2-5H2,1H3. The van der Waals surface area contributed by atoms with Crippen LogP contribution in [0.2, 0.25) is 0 Å². The molecule has 0 radical (unpaired) electrons. The van der Waals surface area contributed by atoms with Gasteiger partial charge in [-0.3, -0.25) is 0 Å². The maximum atomic E-state index is 10.8. The Morgan fingerprint density at radius 2 is 1.67 bits per heavy atom. The zero-order chi connectivity index (χ0) is 14.2. The maximum absolute atomic E-state index is 10.8. The summed E-state index contributed by atoms with van der Waals surface area (Å²) in [5, 5.41) is 0. The smallest absolute Gasteiger partial charge is 0.434 e. The van der Waals surface area contributed by atoms with Crippen molar-refractivity contribution in [2.24, 2.45) is 5.92 Å². The van der Waals surface area contributed by atoms with Crippen LogP contribution in [0.3, 0.4) is 0 Å². The summed E-state index contributed by atoms with van der Waals surface area (Å²) in [6, 6.07) is 0. The highest BCUT2D eigenvalue weighted by molar-refractivity contribution is 6.17. The van der Waals surface area contributed by atoms with Crippen LogP contribution >= 0.6 is 11.6 Å². The fourth-order valence-corrected chi connectivity index (χ4v) is 1.11. The van der Waals surface area contributed by atoms with Crippen molar-refractivity contribution in [2.45, 2.75) is 59.8 Å². The Morgan fingerprint density at radius 1 is 1.06 bits per heavy atom. The number of halogens is 1. The van der Waals surface area contributed by atoms with Gasteiger partial charge in [-0.15, -0.1) is 11.6 Å². The molecule has 0 aromatic carbocycles. The van der Waals surface area contributed by atoms with Crippen LogP contribution in [0.4, 0.5) is 4.79 Å². The van der Waals surface area contributed by atoms with E-state index in [1.807, 2.05) is 20.8 Å². The molecule has 4 heteroatoms. The molecule has 0 saturated heterocycles. The van der Waals surface area contributed by atoms with Crippen molar-refractivity contribution < 1.29 is 14.3 Å². The van der Waals surface area contributed by atoms with Crippen molar-refractivity contribution in [1.29, 1.82) is 0 Å². The van der Waals surface area contributed by atoms with Gasteiger partial charge in [-0.1, -0.05) is 47.0 Å². The summed E-state index contributed by atoms with van der Waals surface area (Å²) >= 11 is 5.38. The van der Waals surface area contributed by atoms with Crippen LogP contribution in [0.25, 0.3) is 0 Å². The third-order valence-electron chi connectivity index (χ3n) is 1.99. The number of hydrogen-bond acceptors (Lipinski definition) is 3. The fraction of sp³-hybridized carbons (Fsp3) is 0.929. The first kappa shape index (κ1) is 19.9. The normalized spacial score (nSPS) is 9.67. The highest BCUT2D eigenvalue weighted by atomic mass is 35.5. The van der Waals surface area contributed by atoms with Crippen molar-refractivity contribution >= 4 is 17.8 Å². The largest absolute Gasteiger partial charge is 0.508 e. The van der Waals surface area contributed by atoms with Gasteiger partial charge in [0.1, 0.15) is 0 Å². The van der Waals surface area contributed by atoms with Crippen LogP contribution in [0.5, 0.6) is 0 Å². The summed E-state index contributed by atoms with van der Waals surface area (Å²) in [4.78, 5) is 10.8. The van der Waals surface area contributed by atoms with Crippen molar-refractivity contribution in [3.8, 4) is 0 Å². The molecule has 18 heavy (non-hydrogen) atoms. The van der Waals surface area contributed by atoms with E-state index in [-0.39, 0.29) is 0 Å². The Morgan fingerprint density at radius 3 is 2.06 bits per heavy atom. The molecule has 3 nitrogen and oxygen atoms in total. The van der Waals surface area contributed by atoms with Gasteiger partial charge >= 0.3 is 6.16 Å². The van der Waals surface area contributed by atoms with Gasteiger partial charge in [0.25, 0.3) is 0 Å². The third-order valence-corrected chi connectivity index (χ3v) is 2.26. The van der Waals surface area contributed by atoms with Gasteiger partial charge < -0.3 is 9.47 Å². The number of hydrogen-bond donors (Lipinski definition) is 0. The highest BCUT2D eigenvalue weighted by Crippen LogP contribution is 1.96. The summed E-state index contributed by atoms with van der Waals surface area (Å²) in [6.45, 7) is 9.09. The fourth-order valence-electron chi connectivity index (χ4n) is 0.921.